The molecule has 2 heterocycles. The van der Waals surface area contributed by atoms with Crippen molar-refractivity contribution in [2.24, 2.45) is 5.41 Å². The molecule has 0 saturated heterocycles. The highest BCUT2D eigenvalue weighted by molar-refractivity contribution is 6.06. The number of allylic oxidation sites excluding steroid dienone is 1. The Labute approximate surface area is 191 Å². The van der Waals surface area contributed by atoms with Crippen molar-refractivity contribution < 1.29 is 19.1 Å². The normalized spacial score (nSPS) is 20.7. The van der Waals surface area contributed by atoms with Crippen LogP contribution in [0.3, 0.4) is 0 Å². The van der Waals surface area contributed by atoms with Crippen LogP contribution in [0.2, 0.25) is 0 Å². The van der Waals surface area contributed by atoms with Crippen LogP contribution in [0.5, 0.6) is 5.75 Å². The number of hydrogen-bond donors (Lipinski definition) is 0. The topological polar surface area (TPSA) is 81.3 Å². The maximum atomic E-state index is 13.8. The number of carbonyl (C=O) groups is 2. The summed E-state index contributed by atoms with van der Waals surface area (Å²) in [6.45, 7) is 0.613. The van der Waals surface area contributed by atoms with E-state index in [-0.39, 0.29) is 18.8 Å². The SMILES string of the molecule is COc1ccc(C(=O)C2(C#N)CC(C(=O)OCc3ccccc3)=C3Cn4cccc4C32)cc1. The Morgan fingerprint density at radius 2 is 1.85 bits per heavy atom. The number of ketones is 1. The Balaban J connectivity index is 1.50. The summed E-state index contributed by atoms with van der Waals surface area (Å²) in [5.41, 5.74) is 2.00. The van der Waals surface area contributed by atoms with Crippen molar-refractivity contribution in [3.8, 4) is 11.8 Å². The molecule has 2 atom stereocenters. The second-order valence-corrected chi connectivity index (χ2v) is 8.38. The highest BCUT2D eigenvalue weighted by Gasteiger charge is 2.58. The zero-order valence-electron chi connectivity index (χ0n) is 18.2. The second-order valence-electron chi connectivity index (χ2n) is 8.38. The van der Waals surface area contributed by atoms with Crippen LogP contribution in [0, 0.1) is 16.7 Å². The molecule has 164 valence electrons. The molecule has 5 rings (SSSR count). The third-order valence-corrected chi connectivity index (χ3v) is 6.60. The van der Waals surface area contributed by atoms with Gasteiger partial charge in [0.15, 0.2) is 5.78 Å². The number of benzene rings is 2. The van der Waals surface area contributed by atoms with Gasteiger partial charge < -0.3 is 14.0 Å². The molecule has 0 saturated carbocycles. The molecule has 2 aromatic carbocycles. The van der Waals surface area contributed by atoms with Gasteiger partial charge in [0.25, 0.3) is 0 Å². The molecule has 0 bridgehead atoms. The van der Waals surface area contributed by atoms with Crippen molar-refractivity contribution in [2.75, 3.05) is 7.11 Å². The summed E-state index contributed by atoms with van der Waals surface area (Å²) in [6.07, 6.45) is 1.95. The molecule has 0 spiro atoms. The molecule has 3 aromatic rings. The minimum Gasteiger partial charge on any atom is -0.497 e. The number of fused-ring (bicyclic) bond motifs is 3. The lowest BCUT2D eigenvalue weighted by Crippen LogP contribution is -2.33. The predicted octanol–water partition coefficient (Wildman–Crippen LogP) is 4.43. The van der Waals surface area contributed by atoms with Gasteiger partial charge in [-0.15, -0.1) is 0 Å². The van der Waals surface area contributed by atoms with Crippen molar-refractivity contribution in [1.82, 2.24) is 4.57 Å². The van der Waals surface area contributed by atoms with Gasteiger partial charge in [-0.2, -0.15) is 5.26 Å². The van der Waals surface area contributed by atoms with Crippen molar-refractivity contribution in [3.63, 3.8) is 0 Å². The van der Waals surface area contributed by atoms with Gasteiger partial charge in [-0.05, 0) is 47.5 Å². The van der Waals surface area contributed by atoms with Gasteiger partial charge in [-0.25, -0.2) is 4.79 Å². The summed E-state index contributed by atoms with van der Waals surface area (Å²) < 4.78 is 12.8. The molecule has 33 heavy (non-hydrogen) atoms. The number of Topliss-reactive ketones (excluding diaryl/α,β-unsaturated/α-hetero) is 1. The zero-order chi connectivity index (χ0) is 23.0. The zero-order valence-corrected chi connectivity index (χ0v) is 18.2. The van der Waals surface area contributed by atoms with Gasteiger partial charge in [0, 0.05) is 41.9 Å². The average Bonchev–Trinajstić information content (AvgIpc) is 3.54. The van der Waals surface area contributed by atoms with Crippen LogP contribution >= 0.6 is 0 Å². The van der Waals surface area contributed by atoms with Crippen LogP contribution in [0.4, 0.5) is 0 Å². The fraction of sp³-hybridized carbons (Fsp3) is 0.222. The number of carbonyl (C=O) groups excluding carboxylic acids is 2. The summed E-state index contributed by atoms with van der Waals surface area (Å²) in [5.74, 6) is -0.617. The molecular weight excluding hydrogens is 416 g/mol. The van der Waals surface area contributed by atoms with Gasteiger partial charge >= 0.3 is 5.97 Å². The van der Waals surface area contributed by atoms with E-state index in [0.717, 1.165) is 16.8 Å². The number of esters is 1. The standard InChI is InChI=1S/C27H22N2O4/c1-32-20-11-9-19(10-12-20)25(30)27(17-28)14-21(22-15-29-13-5-8-23(29)24(22)27)26(31)33-16-18-6-3-2-4-7-18/h2-13,24H,14-16H2,1H3. The Bertz CT molecular complexity index is 1300. The fourth-order valence-electron chi connectivity index (χ4n) is 4.98. The number of nitriles is 1. The van der Waals surface area contributed by atoms with Gasteiger partial charge in [0.1, 0.15) is 17.8 Å². The van der Waals surface area contributed by atoms with E-state index in [9.17, 15) is 14.9 Å². The van der Waals surface area contributed by atoms with E-state index in [2.05, 4.69) is 6.07 Å². The predicted molar refractivity (Wildman–Crippen MR) is 120 cm³/mol. The van der Waals surface area contributed by atoms with Crippen molar-refractivity contribution >= 4 is 11.8 Å². The Morgan fingerprint density at radius 3 is 2.55 bits per heavy atom. The van der Waals surface area contributed by atoms with Crippen LogP contribution in [0.15, 0.2) is 84.1 Å². The molecule has 2 aliphatic rings. The molecular formula is C27H22N2O4. The molecule has 0 amide bonds. The summed E-state index contributed by atoms with van der Waals surface area (Å²) in [4.78, 5) is 26.9. The van der Waals surface area contributed by atoms with Gasteiger partial charge in [-0.3, -0.25) is 4.79 Å². The van der Waals surface area contributed by atoms with E-state index in [1.807, 2.05) is 53.2 Å². The Kier molecular flexibility index (Phi) is 5.10. The molecule has 2 unspecified atom stereocenters. The molecule has 6 nitrogen and oxygen atoms in total. The van der Waals surface area contributed by atoms with Crippen molar-refractivity contribution in [2.45, 2.75) is 25.5 Å². The van der Waals surface area contributed by atoms with Crippen LogP contribution in [0.25, 0.3) is 0 Å². The van der Waals surface area contributed by atoms with Crippen molar-refractivity contribution in [3.05, 3.63) is 101 Å². The highest BCUT2D eigenvalue weighted by atomic mass is 16.5. The number of aromatic nitrogens is 1. The summed E-state index contributed by atoms with van der Waals surface area (Å²) >= 11 is 0. The fourth-order valence-corrected chi connectivity index (χ4v) is 4.98. The van der Waals surface area contributed by atoms with Crippen LogP contribution in [0.1, 0.15) is 34.0 Å². The Hall–Kier alpha value is -4.11. The summed E-state index contributed by atoms with van der Waals surface area (Å²) in [7, 11) is 1.56. The molecule has 0 radical (unpaired) electrons. The van der Waals surface area contributed by atoms with E-state index in [0.29, 0.717) is 23.4 Å². The second kappa shape index (κ2) is 8.10. The number of hydrogen-bond acceptors (Lipinski definition) is 5. The monoisotopic (exact) mass is 438 g/mol. The third-order valence-electron chi connectivity index (χ3n) is 6.60. The number of rotatable bonds is 6. The first-order valence-corrected chi connectivity index (χ1v) is 10.8. The Morgan fingerprint density at radius 1 is 1.09 bits per heavy atom. The van der Waals surface area contributed by atoms with Gasteiger partial charge in [-0.1, -0.05) is 30.3 Å². The van der Waals surface area contributed by atoms with E-state index in [1.54, 1.807) is 31.4 Å². The minimum absolute atomic E-state index is 0.0349. The lowest BCUT2D eigenvalue weighted by molar-refractivity contribution is -0.140. The first kappa shape index (κ1) is 20.8. The quantitative estimate of drug-likeness (QED) is 0.420. The molecule has 0 fully saturated rings. The van der Waals surface area contributed by atoms with Crippen LogP contribution in [-0.4, -0.2) is 23.4 Å². The molecule has 6 heteroatoms. The molecule has 1 aromatic heterocycles. The number of ether oxygens (including phenoxy) is 2. The first-order chi connectivity index (χ1) is 16.1. The largest absolute Gasteiger partial charge is 0.497 e. The molecule has 1 aliphatic carbocycles. The first-order valence-electron chi connectivity index (χ1n) is 10.8. The van der Waals surface area contributed by atoms with Crippen LogP contribution in [-0.2, 0) is 22.7 Å². The maximum Gasteiger partial charge on any atom is 0.334 e. The van der Waals surface area contributed by atoms with E-state index < -0.39 is 17.3 Å². The van der Waals surface area contributed by atoms with Crippen molar-refractivity contribution in [1.29, 1.82) is 5.26 Å². The highest BCUT2D eigenvalue weighted by Crippen LogP contribution is 2.57. The molecule has 1 aliphatic heterocycles. The summed E-state index contributed by atoms with van der Waals surface area (Å²) in [5, 5.41) is 10.4. The number of nitrogens with zero attached hydrogens (tertiary/aromatic N) is 2. The average molecular weight is 438 g/mol. The van der Waals surface area contributed by atoms with E-state index in [1.165, 1.54) is 0 Å². The maximum absolute atomic E-state index is 13.8. The minimum atomic E-state index is -1.41. The number of methoxy groups -OCH3 is 1. The van der Waals surface area contributed by atoms with Gasteiger partial charge in [0.05, 0.1) is 13.2 Å². The van der Waals surface area contributed by atoms with Crippen LogP contribution < -0.4 is 4.74 Å². The van der Waals surface area contributed by atoms with E-state index in [4.69, 9.17) is 9.47 Å². The lowest BCUT2D eigenvalue weighted by Gasteiger charge is -2.26. The lowest BCUT2D eigenvalue weighted by atomic mass is 9.70. The van der Waals surface area contributed by atoms with Gasteiger partial charge in [0.2, 0.25) is 0 Å². The van der Waals surface area contributed by atoms with E-state index >= 15 is 0 Å². The summed E-state index contributed by atoms with van der Waals surface area (Å²) in [6, 6.07) is 22.3. The molecule has 0 N–H and O–H groups in total. The smallest absolute Gasteiger partial charge is 0.334 e. The third kappa shape index (κ3) is 3.33.